The van der Waals surface area contributed by atoms with Crippen LogP contribution in [0, 0.1) is 5.92 Å². The minimum atomic E-state index is 0.677. The number of rotatable bonds is 5. The predicted molar refractivity (Wildman–Crippen MR) is 72.7 cm³/mol. The number of ether oxygens (including phenoxy) is 1. The molecule has 0 bridgehead atoms. The molecule has 2 heterocycles. The summed E-state index contributed by atoms with van der Waals surface area (Å²) in [6.45, 7) is 4.01. The maximum atomic E-state index is 5.81. The van der Waals surface area contributed by atoms with Gasteiger partial charge in [-0.1, -0.05) is 0 Å². The molecule has 1 N–H and O–H groups in total. The third-order valence-corrected chi connectivity index (χ3v) is 3.49. The van der Waals surface area contributed by atoms with Crippen LogP contribution in [-0.2, 0) is 6.54 Å². The van der Waals surface area contributed by atoms with Crippen LogP contribution in [0.25, 0.3) is 0 Å². The van der Waals surface area contributed by atoms with Gasteiger partial charge in [0.15, 0.2) is 0 Å². The number of piperidine rings is 1. The van der Waals surface area contributed by atoms with E-state index in [0.29, 0.717) is 5.92 Å². The first-order chi connectivity index (χ1) is 8.78. The van der Waals surface area contributed by atoms with Gasteiger partial charge in [0, 0.05) is 18.8 Å². The lowest BCUT2D eigenvalue weighted by Gasteiger charge is -2.28. The summed E-state index contributed by atoms with van der Waals surface area (Å²) in [4.78, 5) is 6.64. The van der Waals surface area contributed by atoms with Crippen LogP contribution >= 0.6 is 0 Å². The largest absolute Gasteiger partial charge is 0.477 e. The summed E-state index contributed by atoms with van der Waals surface area (Å²) in [5.41, 5.74) is 1.21. The van der Waals surface area contributed by atoms with E-state index in [1.807, 2.05) is 25.4 Å². The van der Waals surface area contributed by atoms with Gasteiger partial charge in [0.25, 0.3) is 0 Å². The normalized spacial score (nSPS) is 17.9. The lowest BCUT2D eigenvalue weighted by atomic mass is 9.98. The average Bonchev–Trinajstić information content (AvgIpc) is 2.39. The first-order valence-electron chi connectivity index (χ1n) is 6.69. The number of pyridine rings is 1. The molecule has 4 nitrogen and oxygen atoms in total. The Balaban J connectivity index is 1.80. The molecular weight excluding hydrogens is 226 g/mol. The SMILES string of the molecule is CNCc1ccnc(OCC2CCN(C)CC2)c1. The number of likely N-dealkylation sites (tertiary alicyclic amines) is 1. The number of nitrogens with one attached hydrogen (secondary N) is 1. The van der Waals surface area contributed by atoms with Gasteiger partial charge in [-0.05, 0) is 57.6 Å². The van der Waals surface area contributed by atoms with Crippen LogP contribution in [-0.4, -0.2) is 43.7 Å². The minimum absolute atomic E-state index is 0.677. The highest BCUT2D eigenvalue weighted by atomic mass is 16.5. The Kier molecular flexibility index (Phi) is 4.96. The monoisotopic (exact) mass is 249 g/mol. The Morgan fingerprint density at radius 2 is 2.22 bits per heavy atom. The summed E-state index contributed by atoms with van der Waals surface area (Å²) in [5.74, 6) is 1.43. The quantitative estimate of drug-likeness (QED) is 0.858. The van der Waals surface area contributed by atoms with Gasteiger partial charge >= 0.3 is 0 Å². The summed E-state index contributed by atoms with van der Waals surface area (Å²) in [7, 11) is 4.12. The predicted octanol–water partition coefficient (Wildman–Crippen LogP) is 1.52. The van der Waals surface area contributed by atoms with Crippen molar-refractivity contribution in [3.8, 4) is 5.88 Å². The molecule has 1 fully saturated rings. The first kappa shape index (κ1) is 13.3. The third-order valence-electron chi connectivity index (χ3n) is 3.49. The van der Waals surface area contributed by atoms with Crippen LogP contribution in [0.3, 0.4) is 0 Å². The van der Waals surface area contributed by atoms with Crippen LogP contribution in [0.1, 0.15) is 18.4 Å². The van der Waals surface area contributed by atoms with Crippen LogP contribution < -0.4 is 10.1 Å². The maximum absolute atomic E-state index is 5.81. The van der Waals surface area contributed by atoms with E-state index in [1.165, 1.54) is 31.5 Å². The van der Waals surface area contributed by atoms with Crippen molar-refractivity contribution in [3.63, 3.8) is 0 Å². The van der Waals surface area contributed by atoms with E-state index < -0.39 is 0 Å². The van der Waals surface area contributed by atoms with Gasteiger partial charge < -0.3 is 15.0 Å². The zero-order chi connectivity index (χ0) is 12.8. The Morgan fingerprint density at radius 3 is 2.94 bits per heavy atom. The van der Waals surface area contributed by atoms with E-state index >= 15 is 0 Å². The van der Waals surface area contributed by atoms with Crippen molar-refractivity contribution in [2.24, 2.45) is 5.92 Å². The molecule has 2 rings (SSSR count). The average molecular weight is 249 g/mol. The van der Waals surface area contributed by atoms with Crippen LogP contribution in [0.2, 0.25) is 0 Å². The molecule has 0 saturated carbocycles. The van der Waals surface area contributed by atoms with E-state index in [4.69, 9.17) is 4.74 Å². The van der Waals surface area contributed by atoms with Gasteiger partial charge in [0.05, 0.1) is 6.61 Å². The lowest BCUT2D eigenvalue weighted by Crippen LogP contribution is -2.32. The summed E-state index contributed by atoms with van der Waals surface area (Å²) in [6.07, 6.45) is 4.27. The van der Waals surface area contributed by atoms with Gasteiger partial charge in [-0.2, -0.15) is 0 Å². The molecule has 0 aromatic carbocycles. The van der Waals surface area contributed by atoms with Crippen molar-refractivity contribution in [3.05, 3.63) is 23.9 Å². The molecule has 1 aliphatic heterocycles. The van der Waals surface area contributed by atoms with Gasteiger partial charge in [-0.15, -0.1) is 0 Å². The second-order valence-electron chi connectivity index (χ2n) is 5.09. The smallest absolute Gasteiger partial charge is 0.213 e. The molecule has 0 spiro atoms. The molecule has 0 radical (unpaired) electrons. The van der Waals surface area contributed by atoms with E-state index in [9.17, 15) is 0 Å². The lowest BCUT2D eigenvalue weighted by molar-refractivity contribution is 0.157. The summed E-state index contributed by atoms with van der Waals surface area (Å²) >= 11 is 0. The van der Waals surface area contributed by atoms with E-state index in [0.717, 1.165) is 19.0 Å². The number of hydrogen-bond donors (Lipinski definition) is 1. The van der Waals surface area contributed by atoms with Gasteiger partial charge in [0.1, 0.15) is 0 Å². The van der Waals surface area contributed by atoms with Gasteiger partial charge in [-0.3, -0.25) is 0 Å². The Hall–Kier alpha value is -1.13. The van der Waals surface area contributed by atoms with Crippen LogP contribution in [0.4, 0.5) is 0 Å². The van der Waals surface area contributed by atoms with Crippen molar-refractivity contribution in [2.45, 2.75) is 19.4 Å². The topological polar surface area (TPSA) is 37.4 Å². The zero-order valence-corrected chi connectivity index (χ0v) is 11.4. The molecule has 1 saturated heterocycles. The van der Waals surface area contributed by atoms with Crippen molar-refractivity contribution < 1.29 is 4.74 Å². The second kappa shape index (κ2) is 6.71. The van der Waals surface area contributed by atoms with Gasteiger partial charge in [-0.25, -0.2) is 4.98 Å². The molecule has 0 aliphatic carbocycles. The Labute approximate surface area is 109 Å². The molecule has 0 amide bonds. The van der Waals surface area contributed by atoms with E-state index in [1.54, 1.807) is 0 Å². The zero-order valence-electron chi connectivity index (χ0n) is 11.4. The Bertz CT molecular complexity index is 362. The molecule has 18 heavy (non-hydrogen) atoms. The summed E-state index contributed by atoms with van der Waals surface area (Å²) in [5, 5.41) is 3.13. The van der Waals surface area contributed by atoms with Crippen molar-refractivity contribution >= 4 is 0 Å². The number of nitrogens with zero attached hydrogens (tertiary/aromatic N) is 2. The highest BCUT2D eigenvalue weighted by Crippen LogP contribution is 2.18. The van der Waals surface area contributed by atoms with Crippen molar-refractivity contribution in [1.29, 1.82) is 0 Å². The third kappa shape index (κ3) is 3.96. The van der Waals surface area contributed by atoms with Gasteiger partial charge in [0.2, 0.25) is 5.88 Å². The summed E-state index contributed by atoms with van der Waals surface area (Å²) < 4.78 is 5.81. The highest BCUT2D eigenvalue weighted by molar-refractivity contribution is 5.20. The second-order valence-corrected chi connectivity index (χ2v) is 5.09. The molecule has 1 aromatic heterocycles. The molecule has 0 atom stereocenters. The number of aromatic nitrogens is 1. The molecule has 100 valence electrons. The fraction of sp³-hybridized carbons (Fsp3) is 0.643. The maximum Gasteiger partial charge on any atom is 0.213 e. The standard InChI is InChI=1S/C14H23N3O/c1-15-10-13-3-6-16-14(9-13)18-11-12-4-7-17(2)8-5-12/h3,6,9,12,15H,4-5,7-8,10-11H2,1-2H3. The molecule has 4 heteroatoms. The van der Waals surface area contributed by atoms with E-state index in [2.05, 4.69) is 22.2 Å². The minimum Gasteiger partial charge on any atom is -0.477 e. The highest BCUT2D eigenvalue weighted by Gasteiger charge is 2.17. The fourth-order valence-corrected chi connectivity index (χ4v) is 2.28. The fourth-order valence-electron chi connectivity index (χ4n) is 2.28. The first-order valence-corrected chi connectivity index (χ1v) is 6.69. The van der Waals surface area contributed by atoms with Crippen molar-refractivity contribution in [1.82, 2.24) is 15.2 Å². The Morgan fingerprint density at radius 1 is 1.44 bits per heavy atom. The van der Waals surface area contributed by atoms with E-state index in [-0.39, 0.29) is 0 Å². The molecule has 1 aliphatic rings. The number of hydrogen-bond acceptors (Lipinski definition) is 4. The van der Waals surface area contributed by atoms with Crippen LogP contribution in [0.15, 0.2) is 18.3 Å². The molecule has 1 aromatic rings. The van der Waals surface area contributed by atoms with Crippen LogP contribution in [0.5, 0.6) is 5.88 Å². The summed E-state index contributed by atoms with van der Waals surface area (Å²) in [6, 6.07) is 4.03. The van der Waals surface area contributed by atoms with Crippen molar-refractivity contribution in [2.75, 3.05) is 33.8 Å². The molecule has 0 unspecified atom stereocenters. The molecular formula is C14H23N3O.